The molecule has 0 atom stereocenters. The van der Waals surface area contributed by atoms with Crippen molar-refractivity contribution in [1.82, 2.24) is 15.5 Å². The molecule has 1 aromatic carbocycles. The van der Waals surface area contributed by atoms with Crippen LogP contribution >= 0.6 is 0 Å². The smallest absolute Gasteiger partial charge is 0.247 e. The molecular formula is C12H15N3O. The fourth-order valence-electron chi connectivity index (χ4n) is 1.31. The maximum Gasteiger partial charge on any atom is 0.247 e. The summed E-state index contributed by atoms with van der Waals surface area (Å²) in [5.74, 6) is 1.19. The lowest BCUT2D eigenvalue weighted by Gasteiger charge is -2.03. The summed E-state index contributed by atoms with van der Waals surface area (Å²) < 4.78 is 5.54. The van der Waals surface area contributed by atoms with E-state index < -0.39 is 0 Å². The van der Waals surface area contributed by atoms with Gasteiger partial charge in [-0.1, -0.05) is 32.0 Å². The maximum atomic E-state index is 5.54. The van der Waals surface area contributed by atoms with Crippen LogP contribution in [0, 0.1) is 0 Å². The van der Waals surface area contributed by atoms with Crippen LogP contribution in [0.4, 0.5) is 0 Å². The predicted molar refractivity (Wildman–Crippen MR) is 61.7 cm³/mol. The van der Waals surface area contributed by atoms with E-state index in [1.807, 2.05) is 30.3 Å². The molecule has 1 aromatic heterocycles. The highest BCUT2D eigenvalue weighted by Crippen LogP contribution is 2.16. The average molecular weight is 217 g/mol. The quantitative estimate of drug-likeness (QED) is 0.853. The van der Waals surface area contributed by atoms with Crippen molar-refractivity contribution >= 4 is 0 Å². The van der Waals surface area contributed by atoms with Crippen molar-refractivity contribution in [3.63, 3.8) is 0 Å². The van der Waals surface area contributed by atoms with Gasteiger partial charge in [-0.15, -0.1) is 10.2 Å². The molecule has 4 nitrogen and oxygen atoms in total. The number of hydrogen-bond donors (Lipinski definition) is 1. The molecule has 0 radical (unpaired) electrons. The second-order valence-electron chi connectivity index (χ2n) is 3.90. The molecule has 0 saturated carbocycles. The van der Waals surface area contributed by atoms with Gasteiger partial charge in [0.25, 0.3) is 0 Å². The number of benzene rings is 1. The molecule has 84 valence electrons. The number of hydrogen-bond acceptors (Lipinski definition) is 4. The van der Waals surface area contributed by atoms with Crippen LogP contribution in [0.5, 0.6) is 0 Å². The Balaban J connectivity index is 2.08. The molecule has 0 fully saturated rings. The van der Waals surface area contributed by atoms with Crippen LogP contribution in [-0.2, 0) is 6.54 Å². The Hall–Kier alpha value is -1.68. The van der Waals surface area contributed by atoms with Crippen molar-refractivity contribution in [2.75, 3.05) is 0 Å². The fourth-order valence-corrected chi connectivity index (χ4v) is 1.31. The first-order valence-corrected chi connectivity index (χ1v) is 5.37. The van der Waals surface area contributed by atoms with Crippen LogP contribution in [0.1, 0.15) is 19.7 Å². The first kappa shape index (κ1) is 10.8. The van der Waals surface area contributed by atoms with Crippen molar-refractivity contribution in [1.29, 1.82) is 0 Å². The third kappa shape index (κ3) is 2.67. The minimum Gasteiger partial charge on any atom is -0.419 e. The second kappa shape index (κ2) is 4.90. The van der Waals surface area contributed by atoms with Crippen LogP contribution in [-0.4, -0.2) is 16.2 Å². The van der Waals surface area contributed by atoms with Crippen molar-refractivity contribution < 1.29 is 4.42 Å². The fraction of sp³-hybridized carbons (Fsp3) is 0.333. The largest absolute Gasteiger partial charge is 0.419 e. The van der Waals surface area contributed by atoms with E-state index in [1.165, 1.54) is 0 Å². The Morgan fingerprint density at radius 2 is 1.94 bits per heavy atom. The maximum absolute atomic E-state index is 5.54. The molecule has 1 heterocycles. The molecule has 2 aromatic rings. The molecule has 0 unspecified atom stereocenters. The van der Waals surface area contributed by atoms with Gasteiger partial charge in [-0.05, 0) is 12.1 Å². The average Bonchev–Trinajstić information content (AvgIpc) is 2.76. The van der Waals surface area contributed by atoms with E-state index in [1.54, 1.807) is 0 Å². The summed E-state index contributed by atoms with van der Waals surface area (Å²) in [6.07, 6.45) is 0. The van der Waals surface area contributed by atoms with Crippen molar-refractivity contribution in [3.05, 3.63) is 36.2 Å². The summed E-state index contributed by atoms with van der Waals surface area (Å²) in [7, 11) is 0. The molecule has 0 saturated heterocycles. The van der Waals surface area contributed by atoms with Crippen LogP contribution in [0.25, 0.3) is 11.5 Å². The molecule has 16 heavy (non-hydrogen) atoms. The monoisotopic (exact) mass is 217 g/mol. The Morgan fingerprint density at radius 1 is 1.19 bits per heavy atom. The zero-order valence-corrected chi connectivity index (χ0v) is 9.47. The first-order chi connectivity index (χ1) is 7.75. The van der Waals surface area contributed by atoms with Gasteiger partial charge in [-0.2, -0.15) is 0 Å². The summed E-state index contributed by atoms with van der Waals surface area (Å²) in [5.41, 5.74) is 0.950. The second-order valence-corrected chi connectivity index (χ2v) is 3.90. The highest BCUT2D eigenvalue weighted by Gasteiger charge is 2.07. The topological polar surface area (TPSA) is 51.0 Å². The van der Waals surface area contributed by atoms with Gasteiger partial charge < -0.3 is 9.73 Å². The zero-order valence-electron chi connectivity index (χ0n) is 9.47. The highest BCUT2D eigenvalue weighted by molar-refractivity contribution is 5.51. The molecule has 2 rings (SSSR count). The molecular weight excluding hydrogens is 202 g/mol. The Bertz CT molecular complexity index is 437. The Morgan fingerprint density at radius 3 is 2.62 bits per heavy atom. The normalized spacial score (nSPS) is 10.9. The minimum atomic E-state index is 0.409. The number of rotatable bonds is 4. The van der Waals surface area contributed by atoms with E-state index in [0.29, 0.717) is 24.4 Å². The molecule has 0 bridgehead atoms. The van der Waals surface area contributed by atoms with E-state index >= 15 is 0 Å². The van der Waals surface area contributed by atoms with Gasteiger partial charge in [0.05, 0.1) is 6.54 Å². The highest BCUT2D eigenvalue weighted by atomic mass is 16.4. The van der Waals surface area contributed by atoms with Crippen molar-refractivity contribution in [2.45, 2.75) is 26.4 Å². The first-order valence-electron chi connectivity index (χ1n) is 5.37. The molecule has 0 aliphatic heterocycles. The van der Waals surface area contributed by atoms with E-state index in [9.17, 15) is 0 Å². The summed E-state index contributed by atoms with van der Waals surface area (Å²) in [4.78, 5) is 0. The van der Waals surface area contributed by atoms with Crippen molar-refractivity contribution in [2.24, 2.45) is 0 Å². The molecule has 1 N–H and O–H groups in total. The molecule has 0 amide bonds. The molecule has 4 heteroatoms. The number of nitrogens with one attached hydrogen (secondary N) is 1. The SMILES string of the molecule is CC(C)NCc1nnc(-c2ccccc2)o1. The Labute approximate surface area is 94.7 Å². The summed E-state index contributed by atoms with van der Waals surface area (Å²) in [6, 6.07) is 10.2. The zero-order chi connectivity index (χ0) is 11.4. The van der Waals surface area contributed by atoms with Gasteiger partial charge in [-0.3, -0.25) is 0 Å². The van der Waals surface area contributed by atoms with E-state index in [0.717, 1.165) is 5.56 Å². The third-order valence-electron chi connectivity index (χ3n) is 2.15. The predicted octanol–water partition coefficient (Wildman–Crippen LogP) is 2.23. The van der Waals surface area contributed by atoms with Crippen LogP contribution in [0.3, 0.4) is 0 Å². The van der Waals surface area contributed by atoms with Crippen LogP contribution < -0.4 is 5.32 Å². The van der Waals surface area contributed by atoms with Gasteiger partial charge in [0.2, 0.25) is 11.8 Å². The van der Waals surface area contributed by atoms with Gasteiger partial charge >= 0.3 is 0 Å². The van der Waals surface area contributed by atoms with Crippen LogP contribution in [0.15, 0.2) is 34.7 Å². The molecule has 0 aliphatic rings. The van der Waals surface area contributed by atoms with Gasteiger partial charge in [0.15, 0.2) is 0 Å². The molecule has 0 aliphatic carbocycles. The molecule has 0 spiro atoms. The van der Waals surface area contributed by atoms with Crippen molar-refractivity contribution in [3.8, 4) is 11.5 Å². The van der Waals surface area contributed by atoms with Gasteiger partial charge in [0, 0.05) is 11.6 Å². The lowest BCUT2D eigenvalue weighted by molar-refractivity contribution is 0.459. The Kier molecular flexibility index (Phi) is 3.31. The standard InChI is InChI=1S/C12H15N3O/c1-9(2)13-8-11-14-15-12(16-11)10-6-4-3-5-7-10/h3-7,9,13H,8H2,1-2H3. The summed E-state index contributed by atoms with van der Waals surface area (Å²) in [6.45, 7) is 4.76. The van der Waals surface area contributed by atoms with E-state index in [-0.39, 0.29) is 0 Å². The lowest BCUT2D eigenvalue weighted by Crippen LogP contribution is -2.21. The van der Waals surface area contributed by atoms with E-state index in [4.69, 9.17) is 4.42 Å². The van der Waals surface area contributed by atoms with Gasteiger partial charge in [-0.25, -0.2) is 0 Å². The minimum absolute atomic E-state index is 0.409. The summed E-state index contributed by atoms with van der Waals surface area (Å²) >= 11 is 0. The van der Waals surface area contributed by atoms with Crippen LogP contribution in [0.2, 0.25) is 0 Å². The van der Waals surface area contributed by atoms with Gasteiger partial charge in [0.1, 0.15) is 0 Å². The summed E-state index contributed by atoms with van der Waals surface area (Å²) in [5, 5.41) is 11.2. The number of nitrogens with zero attached hydrogens (tertiary/aromatic N) is 2. The lowest BCUT2D eigenvalue weighted by atomic mass is 10.2. The van der Waals surface area contributed by atoms with E-state index in [2.05, 4.69) is 29.4 Å². The third-order valence-corrected chi connectivity index (χ3v) is 2.15. The number of aromatic nitrogens is 2.